The molecule has 0 saturated carbocycles. The number of hydrogen-bond acceptors (Lipinski definition) is 2. The zero-order valence-corrected chi connectivity index (χ0v) is 11.5. The van der Waals surface area contributed by atoms with Crippen molar-refractivity contribution in [3.8, 4) is 0 Å². The van der Waals surface area contributed by atoms with Crippen LogP contribution in [0.1, 0.15) is 36.3 Å². The Bertz CT molecular complexity index is 362. The second-order valence-corrected chi connectivity index (χ2v) is 4.66. The highest BCUT2D eigenvalue weighted by molar-refractivity contribution is 9.09. The fourth-order valence-corrected chi connectivity index (χ4v) is 2.21. The first-order chi connectivity index (χ1) is 7.58. The van der Waals surface area contributed by atoms with Gasteiger partial charge >= 0.3 is 0 Å². The zero-order chi connectivity index (χ0) is 12.1. The number of halogens is 1. The van der Waals surface area contributed by atoms with Gasteiger partial charge in [0.15, 0.2) is 0 Å². The molecule has 5 heteroatoms. The van der Waals surface area contributed by atoms with E-state index in [0.29, 0.717) is 5.56 Å². The van der Waals surface area contributed by atoms with Crippen molar-refractivity contribution in [3.05, 3.63) is 17.5 Å². The topological polar surface area (TPSA) is 46.9 Å². The zero-order valence-electron chi connectivity index (χ0n) is 9.96. The number of nitrogens with zero attached hydrogens (tertiary/aromatic N) is 2. The van der Waals surface area contributed by atoms with Gasteiger partial charge in [-0.15, -0.1) is 0 Å². The molecule has 1 heterocycles. The van der Waals surface area contributed by atoms with E-state index >= 15 is 0 Å². The molecule has 1 atom stereocenters. The number of carbonyl (C=O) groups excluding carboxylic acids is 1. The highest BCUT2D eigenvalue weighted by atomic mass is 79.9. The molecule has 1 amide bonds. The molecule has 0 aliphatic heterocycles. The minimum absolute atomic E-state index is 0.0293. The largest absolute Gasteiger partial charge is 0.349 e. The maximum absolute atomic E-state index is 11.9. The summed E-state index contributed by atoms with van der Waals surface area (Å²) in [4.78, 5) is 11.9. The van der Waals surface area contributed by atoms with Crippen molar-refractivity contribution in [2.75, 3.05) is 5.33 Å². The summed E-state index contributed by atoms with van der Waals surface area (Å²) in [5, 5.41) is 8.10. The molecule has 1 aromatic rings. The fourth-order valence-electron chi connectivity index (χ4n) is 1.52. The van der Waals surface area contributed by atoms with E-state index in [1.54, 1.807) is 10.9 Å². The molecule has 0 aliphatic carbocycles. The van der Waals surface area contributed by atoms with Crippen molar-refractivity contribution in [2.45, 2.75) is 32.7 Å². The monoisotopic (exact) mass is 287 g/mol. The number of aromatic nitrogens is 2. The summed E-state index contributed by atoms with van der Waals surface area (Å²) in [6, 6.07) is 0.178. The van der Waals surface area contributed by atoms with Gasteiger partial charge in [0, 0.05) is 24.6 Å². The molecule has 1 aromatic heterocycles. The normalized spacial score (nSPS) is 12.5. The lowest BCUT2D eigenvalue weighted by atomic mass is 10.2. The van der Waals surface area contributed by atoms with Gasteiger partial charge in [0.05, 0.1) is 11.3 Å². The van der Waals surface area contributed by atoms with Gasteiger partial charge in [-0.2, -0.15) is 5.10 Å². The van der Waals surface area contributed by atoms with Gasteiger partial charge in [0.25, 0.3) is 5.91 Å². The molecule has 4 nitrogen and oxygen atoms in total. The average Bonchev–Trinajstić information content (AvgIpc) is 2.59. The molecule has 0 fully saturated rings. The predicted molar refractivity (Wildman–Crippen MR) is 67.9 cm³/mol. The third-order valence-electron chi connectivity index (χ3n) is 2.40. The van der Waals surface area contributed by atoms with Gasteiger partial charge < -0.3 is 5.32 Å². The van der Waals surface area contributed by atoms with E-state index in [1.807, 2.05) is 20.9 Å². The number of aryl methyl sites for hydroxylation is 2. The van der Waals surface area contributed by atoms with Crippen LogP contribution >= 0.6 is 15.9 Å². The van der Waals surface area contributed by atoms with Crippen LogP contribution in [0.5, 0.6) is 0 Å². The molecule has 90 valence electrons. The lowest BCUT2D eigenvalue weighted by molar-refractivity contribution is 0.0938. The first-order valence-corrected chi connectivity index (χ1v) is 6.60. The van der Waals surface area contributed by atoms with Gasteiger partial charge in [0.1, 0.15) is 0 Å². The van der Waals surface area contributed by atoms with Crippen LogP contribution in [0.15, 0.2) is 6.20 Å². The van der Waals surface area contributed by atoms with Crippen LogP contribution < -0.4 is 5.32 Å². The fraction of sp³-hybridized carbons (Fsp3) is 0.636. The Morgan fingerprint density at radius 2 is 2.38 bits per heavy atom. The summed E-state index contributed by atoms with van der Waals surface area (Å²) in [5.41, 5.74) is 1.54. The molecule has 1 unspecified atom stereocenters. The molecule has 16 heavy (non-hydrogen) atoms. The average molecular weight is 288 g/mol. The lowest BCUT2D eigenvalue weighted by Crippen LogP contribution is -2.33. The van der Waals surface area contributed by atoms with Gasteiger partial charge in [-0.3, -0.25) is 9.48 Å². The van der Waals surface area contributed by atoms with Crippen LogP contribution in [0.25, 0.3) is 0 Å². The van der Waals surface area contributed by atoms with E-state index in [2.05, 4.69) is 26.3 Å². The van der Waals surface area contributed by atoms with Crippen molar-refractivity contribution in [1.29, 1.82) is 0 Å². The van der Waals surface area contributed by atoms with Gasteiger partial charge in [-0.1, -0.05) is 22.9 Å². The van der Waals surface area contributed by atoms with Gasteiger partial charge in [-0.25, -0.2) is 0 Å². The SMILES string of the molecule is CCc1nn(C)cc1C(=O)NC(C)CCBr. The Morgan fingerprint density at radius 1 is 1.69 bits per heavy atom. The first kappa shape index (κ1) is 13.2. The standard InChI is InChI=1S/C11H18BrN3O/c1-4-10-9(7-15(3)14-10)11(16)13-8(2)5-6-12/h7-8H,4-6H2,1-3H3,(H,13,16). The maximum atomic E-state index is 11.9. The Labute approximate surface area is 105 Å². The van der Waals surface area contributed by atoms with Crippen LogP contribution in [-0.4, -0.2) is 27.1 Å². The van der Waals surface area contributed by atoms with Gasteiger partial charge in [0.2, 0.25) is 0 Å². The number of nitrogens with one attached hydrogen (secondary N) is 1. The Hall–Kier alpha value is -0.840. The minimum atomic E-state index is -0.0293. The molecule has 0 saturated heterocycles. The number of rotatable bonds is 5. The van der Waals surface area contributed by atoms with Gasteiger partial charge in [-0.05, 0) is 19.8 Å². The van der Waals surface area contributed by atoms with Crippen LogP contribution in [0.4, 0.5) is 0 Å². The summed E-state index contributed by atoms with van der Waals surface area (Å²) in [6.45, 7) is 4.00. The predicted octanol–water partition coefficient (Wildman–Crippen LogP) is 1.89. The van der Waals surface area contributed by atoms with E-state index in [1.165, 1.54) is 0 Å². The molecule has 0 aliphatic rings. The lowest BCUT2D eigenvalue weighted by Gasteiger charge is -2.11. The van der Waals surface area contributed by atoms with Crippen molar-refractivity contribution in [1.82, 2.24) is 15.1 Å². The molecular formula is C11H18BrN3O. The molecule has 0 aromatic carbocycles. The second-order valence-electron chi connectivity index (χ2n) is 3.87. The van der Waals surface area contributed by atoms with E-state index in [9.17, 15) is 4.79 Å². The molecule has 0 bridgehead atoms. The van der Waals surface area contributed by atoms with Crippen molar-refractivity contribution in [3.63, 3.8) is 0 Å². The highest BCUT2D eigenvalue weighted by Crippen LogP contribution is 2.08. The summed E-state index contributed by atoms with van der Waals surface area (Å²) < 4.78 is 1.68. The summed E-state index contributed by atoms with van der Waals surface area (Å²) >= 11 is 3.36. The van der Waals surface area contributed by atoms with Crippen molar-refractivity contribution >= 4 is 21.8 Å². The molecule has 0 spiro atoms. The van der Waals surface area contributed by atoms with E-state index < -0.39 is 0 Å². The number of hydrogen-bond donors (Lipinski definition) is 1. The number of alkyl halides is 1. The van der Waals surface area contributed by atoms with Crippen LogP contribution in [0.2, 0.25) is 0 Å². The molecule has 0 radical (unpaired) electrons. The Balaban J connectivity index is 2.72. The number of carbonyl (C=O) groups is 1. The van der Waals surface area contributed by atoms with E-state index in [0.717, 1.165) is 23.9 Å². The maximum Gasteiger partial charge on any atom is 0.254 e. The van der Waals surface area contributed by atoms with Crippen molar-refractivity contribution < 1.29 is 4.79 Å². The molecule has 1 N–H and O–H groups in total. The highest BCUT2D eigenvalue weighted by Gasteiger charge is 2.15. The van der Waals surface area contributed by atoms with Crippen LogP contribution in [0, 0.1) is 0 Å². The van der Waals surface area contributed by atoms with E-state index in [4.69, 9.17) is 0 Å². The Kier molecular flexibility index (Phi) is 4.99. The minimum Gasteiger partial charge on any atom is -0.349 e. The van der Waals surface area contributed by atoms with Crippen molar-refractivity contribution in [2.24, 2.45) is 7.05 Å². The molecular weight excluding hydrogens is 270 g/mol. The van der Waals surface area contributed by atoms with E-state index in [-0.39, 0.29) is 11.9 Å². The second kappa shape index (κ2) is 6.03. The third-order valence-corrected chi connectivity index (χ3v) is 2.86. The van der Waals surface area contributed by atoms with Crippen LogP contribution in [0.3, 0.4) is 0 Å². The number of amides is 1. The molecule has 1 rings (SSSR count). The van der Waals surface area contributed by atoms with Crippen LogP contribution in [-0.2, 0) is 13.5 Å². The first-order valence-electron chi connectivity index (χ1n) is 5.47. The quantitative estimate of drug-likeness (QED) is 0.841. The summed E-state index contributed by atoms with van der Waals surface area (Å²) in [6.07, 6.45) is 3.47. The summed E-state index contributed by atoms with van der Waals surface area (Å²) in [7, 11) is 1.83. The summed E-state index contributed by atoms with van der Waals surface area (Å²) in [5.74, 6) is -0.0293. The smallest absolute Gasteiger partial charge is 0.254 e. The third kappa shape index (κ3) is 3.33. The Morgan fingerprint density at radius 3 is 2.94 bits per heavy atom.